The topological polar surface area (TPSA) is 75.8 Å². The largest absolute Gasteiger partial charge is 0.487 e. The van der Waals surface area contributed by atoms with Crippen LogP contribution in [0.5, 0.6) is 5.75 Å². The third-order valence-electron chi connectivity index (χ3n) is 4.98. The number of likely N-dealkylation sites (tertiary alicyclic amines) is 1. The number of hydrogen-bond donors (Lipinski definition) is 2. The van der Waals surface area contributed by atoms with Crippen molar-refractivity contribution in [2.45, 2.75) is 51.2 Å². The highest BCUT2D eigenvalue weighted by molar-refractivity contribution is 6.33. The minimum atomic E-state index is -1.03. The van der Waals surface area contributed by atoms with Crippen LogP contribution in [0.3, 0.4) is 0 Å². The van der Waals surface area contributed by atoms with Gasteiger partial charge < -0.3 is 15.6 Å². The fourth-order valence-corrected chi connectivity index (χ4v) is 4.03. The van der Waals surface area contributed by atoms with Gasteiger partial charge in [-0.2, -0.15) is 0 Å². The van der Waals surface area contributed by atoms with Gasteiger partial charge >= 0.3 is 5.97 Å². The molecule has 1 saturated heterocycles. The highest BCUT2D eigenvalue weighted by atomic mass is 35.5. The Morgan fingerprint density at radius 1 is 1.48 bits per heavy atom. The highest BCUT2D eigenvalue weighted by Crippen LogP contribution is 2.42. The summed E-state index contributed by atoms with van der Waals surface area (Å²) in [6.45, 7) is 4.31. The number of halogens is 1. The van der Waals surface area contributed by atoms with E-state index in [0.717, 1.165) is 25.1 Å². The summed E-state index contributed by atoms with van der Waals surface area (Å²) in [6.07, 6.45) is 5.23. The summed E-state index contributed by atoms with van der Waals surface area (Å²) in [5.41, 5.74) is 7.37. The van der Waals surface area contributed by atoms with Gasteiger partial charge in [0.25, 0.3) is 0 Å². The second-order valence-electron chi connectivity index (χ2n) is 6.37. The number of ether oxygens (including phenoxy) is 1. The molecular formula is C17H23ClN2O3. The van der Waals surface area contributed by atoms with Crippen LogP contribution in [0.1, 0.15) is 48.5 Å². The Labute approximate surface area is 141 Å². The zero-order valence-corrected chi connectivity index (χ0v) is 14.1. The summed E-state index contributed by atoms with van der Waals surface area (Å²) in [5, 5.41) is 9.69. The van der Waals surface area contributed by atoms with E-state index in [4.69, 9.17) is 22.1 Å². The van der Waals surface area contributed by atoms with Crippen molar-refractivity contribution in [2.24, 2.45) is 0 Å². The SMILES string of the molecule is CCC(C1Cc2c(N)c(Cl)cc(C(=O)O)c2O1)N1CCCCC1. The quantitative estimate of drug-likeness (QED) is 0.824. The van der Waals surface area contributed by atoms with Crippen LogP contribution in [0.4, 0.5) is 5.69 Å². The summed E-state index contributed by atoms with van der Waals surface area (Å²) >= 11 is 6.10. The zero-order chi connectivity index (χ0) is 16.6. The normalized spacial score (nSPS) is 22.4. The van der Waals surface area contributed by atoms with E-state index in [1.165, 1.54) is 25.3 Å². The van der Waals surface area contributed by atoms with E-state index >= 15 is 0 Å². The number of carboxylic acid groups (broad SMARTS) is 1. The van der Waals surface area contributed by atoms with Crippen molar-refractivity contribution in [2.75, 3.05) is 18.8 Å². The summed E-state index contributed by atoms with van der Waals surface area (Å²) < 4.78 is 6.08. The highest BCUT2D eigenvalue weighted by Gasteiger charge is 2.37. The van der Waals surface area contributed by atoms with Gasteiger partial charge in [-0.05, 0) is 38.4 Å². The number of aromatic carboxylic acids is 1. The lowest BCUT2D eigenvalue weighted by molar-refractivity contribution is 0.0599. The van der Waals surface area contributed by atoms with Gasteiger partial charge in [-0.15, -0.1) is 0 Å². The third kappa shape index (κ3) is 3.00. The first-order valence-electron chi connectivity index (χ1n) is 8.27. The number of carbonyl (C=O) groups is 1. The van der Waals surface area contributed by atoms with E-state index in [1.807, 2.05) is 0 Å². The molecule has 0 spiro atoms. The monoisotopic (exact) mass is 338 g/mol. The smallest absolute Gasteiger partial charge is 0.339 e. The van der Waals surface area contributed by atoms with Crippen LogP contribution in [-0.2, 0) is 6.42 Å². The van der Waals surface area contributed by atoms with Crippen molar-refractivity contribution in [3.63, 3.8) is 0 Å². The molecule has 0 radical (unpaired) electrons. The van der Waals surface area contributed by atoms with E-state index < -0.39 is 5.97 Å². The molecule has 2 atom stereocenters. The fourth-order valence-electron chi connectivity index (χ4n) is 3.81. The maximum atomic E-state index is 11.5. The number of rotatable bonds is 4. The summed E-state index contributed by atoms with van der Waals surface area (Å²) in [4.78, 5) is 14.0. The lowest BCUT2D eigenvalue weighted by Crippen LogP contribution is -2.47. The maximum Gasteiger partial charge on any atom is 0.339 e. The van der Waals surface area contributed by atoms with E-state index in [9.17, 15) is 9.90 Å². The van der Waals surface area contributed by atoms with Crippen LogP contribution >= 0.6 is 11.6 Å². The molecule has 0 aliphatic carbocycles. The molecule has 2 heterocycles. The van der Waals surface area contributed by atoms with Crippen LogP contribution in [0.2, 0.25) is 5.02 Å². The molecule has 1 aromatic rings. The first kappa shape index (κ1) is 16.4. The molecule has 2 aliphatic heterocycles. The Balaban J connectivity index is 1.89. The number of nitrogens with zero attached hydrogens (tertiary/aromatic N) is 1. The van der Waals surface area contributed by atoms with Gasteiger partial charge in [-0.1, -0.05) is 24.9 Å². The number of carboxylic acids is 1. The summed E-state index contributed by atoms with van der Waals surface area (Å²) in [6, 6.07) is 1.67. The lowest BCUT2D eigenvalue weighted by atomic mass is 9.97. The predicted molar refractivity (Wildman–Crippen MR) is 90.4 cm³/mol. The summed E-state index contributed by atoms with van der Waals surface area (Å²) in [7, 11) is 0. The summed E-state index contributed by atoms with van der Waals surface area (Å²) in [5.74, 6) is -0.630. The van der Waals surface area contributed by atoms with Crippen molar-refractivity contribution >= 4 is 23.3 Å². The van der Waals surface area contributed by atoms with E-state index in [2.05, 4.69) is 11.8 Å². The first-order valence-corrected chi connectivity index (χ1v) is 8.65. The Kier molecular flexibility index (Phi) is 4.69. The number of hydrogen-bond acceptors (Lipinski definition) is 4. The number of benzene rings is 1. The molecule has 126 valence electrons. The molecule has 0 bridgehead atoms. The standard InChI is InChI=1S/C17H23ClN2O3/c1-2-13(20-6-4-3-5-7-20)14-9-10-15(19)12(18)8-11(17(21)22)16(10)23-14/h8,13-14H,2-7,9,19H2,1H3,(H,21,22). The number of fused-ring (bicyclic) bond motifs is 1. The number of nitrogens with two attached hydrogens (primary N) is 1. The average molecular weight is 339 g/mol. The van der Waals surface area contributed by atoms with Gasteiger partial charge in [0.2, 0.25) is 0 Å². The van der Waals surface area contributed by atoms with Gasteiger partial charge in [-0.3, -0.25) is 4.90 Å². The van der Waals surface area contributed by atoms with E-state index in [0.29, 0.717) is 17.9 Å². The average Bonchev–Trinajstić information content (AvgIpc) is 2.97. The Morgan fingerprint density at radius 3 is 2.78 bits per heavy atom. The van der Waals surface area contributed by atoms with Gasteiger partial charge in [0.05, 0.1) is 10.7 Å². The molecule has 3 N–H and O–H groups in total. The van der Waals surface area contributed by atoms with E-state index in [1.54, 1.807) is 0 Å². The van der Waals surface area contributed by atoms with Gasteiger partial charge in [0.15, 0.2) is 0 Å². The minimum Gasteiger partial charge on any atom is -0.487 e. The molecule has 1 fully saturated rings. The van der Waals surface area contributed by atoms with Gasteiger partial charge in [-0.25, -0.2) is 4.79 Å². The molecule has 1 aromatic carbocycles. The van der Waals surface area contributed by atoms with Crippen LogP contribution in [0, 0.1) is 0 Å². The van der Waals surface area contributed by atoms with Crippen molar-refractivity contribution in [3.8, 4) is 5.75 Å². The third-order valence-corrected chi connectivity index (χ3v) is 5.30. The number of piperidine rings is 1. The van der Waals surface area contributed by atoms with E-state index in [-0.39, 0.29) is 22.7 Å². The van der Waals surface area contributed by atoms with Crippen LogP contribution in [0.15, 0.2) is 6.07 Å². The fraction of sp³-hybridized carbons (Fsp3) is 0.588. The van der Waals surface area contributed by atoms with Gasteiger partial charge in [0.1, 0.15) is 17.4 Å². The Hall–Kier alpha value is -1.46. The minimum absolute atomic E-state index is 0.0630. The zero-order valence-electron chi connectivity index (χ0n) is 13.3. The van der Waals surface area contributed by atoms with Crippen molar-refractivity contribution in [1.82, 2.24) is 4.90 Å². The number of anilines is 1. The molecule has 0 aromatic heterocycles. The number of nitrogen functional groups attached to an aromatic ring is 1. The second kappa shape index (κ2) is 6.57. The van der Waals surface area contributed by atoms with Crippen molar-refractivity contribution in [3.05, 3.63) is 22.2 Å². The Morgan fingerprint density at radius 2 is 2.17 bits per heavy atom. The maximum absolute atomic E-state index is 11.5. The lowest BCUT2D eigenvalue weighted by Gasteiger charge is -2.36. The van der Waals surface area contributed by atoms with Crippen molar-refractivity contribution < 1.29 is 14.6 Å². The molecule has 3 rings (SSSR count). The second-order valence-corrected chi connectivity index (χ2v) is 6.77. The molecule has 2 aliphatic rings. The molecule has 23 heavy (non-hydrogen) atoms. The van der Waals surface area contributed by atoms with Crippen LogP contribution < -0.4 is 10.5 Å². The van der Waals surface area contributed by atoms with Crippen LogP contribution in [-0.4, -0.2) is 41.2 Å². The molecule has 6 heteroatoms. The molecule has 2 unspecified atom stereocenters. The molecule has 0 amide bonds. The van der Waals surface area contributed by atoms with Crippen LogP contribution in [0.25, 0.3) is 0 Å². The first-order chi connectivity index (χ1) is 11.0. The molecule has 0 saturated carbocycles. The predicted octanol–water partition coefficient (Wildman–Crippen LogP) is 3.19. The van der Waals surface area contributed by atoms with Gasteiger partial charge in [0, 0.05) is 18.0 Å². The Bertz CT molecular complexity index is 614. The van der Waals surface area contributed by atoms with Crippen molar-refractivity contribution in [1.29, 1.82) is 0 Å². The molecular weight excluding hydrogens is 316 g/mol. The molecule has 5 nitrogen and oxygen atoms in total.